The molecule has 109 valence electrons. The molecular weight excluding hydrogens is 252 g/mol. The highest BCUT2D eigenvalue weighted by Gasteiger charge is 2.41. The summed E-state index contributed by atoms with van der Waals surface area (Å²) in [5.41, 5.74) is 6.06. The van der Waals surface area contributed by atoms with Crippen molar-refractivity contribution in [3.63, 3.8) is 0 Å². The summed E-state index contributed by atoms with van der Waals surface area (Å²) in [7, 11) is 0. The Morgan fingerprint density at radius 2 is 1.52 bits per heavy atom. The van der Waals surface area contributed by atoms with Crippen LogP contribution in [0, 0.1) is 6.07 Å². The SMILES string of the molecule is CCCCC1(CCCC)c2[c]cccc2-c2ccccc21. The molecular formula is C21H25. The van der Waals surface area contributed by atoms with E-state index in [1.165, 1.54) is 55.2 Å². The summed E-state index contributed by atoms with van der Waals surface area (Å²) in [5.74, 6) is 0. The minimum absolute atomic E-state index is 0.208. The molecule has 1 aliphatic rings. The van der Waals surface area contributed by atoms with Crippen molar-refractivity contribution >= 4 is 0 Å². The summed E-state index contributed by atoms with van der Waals surface area (Å²) in [4.78, 5) is 0. The number of unbranched alkanes of at least 4 members (excludes halogenated alkanes) is 2. The van der Waals surface area contributed by atoms with Gasteiger partial charge < -0.3 is 0 Å². The third-order valence-corrected chi connectivity index (χ3v) is 4.98. The maximum atomic E-state index is 3.60. The van der Waals surface area contributed by atoms with Gasteiger partial charge in [0.05, 0.1) is 0 Å². The van der Waals surface area contributed by atoms with Crippen molar-refractivity contribution < 1.29 is 0 Å². The first-order chi connectivity index (χ1) is 10.3. The predicted molar refractivity (Wildman–Crippen MR) is 90.5 cm³/mol. The number of rotatable bonds is 6. The van der Waals surface area contributed by atoms with E-state index in [0.717, 1.165) is 0 Å². The molecule has 0 saturated carbocycles. The van der Waals surface area contributed by atoms with Crippen molar-refractivity contribution in [2.75, 3.05) is 0 Å². The second-order valence-electron chi connectivity index (χ2n) is 6.29. The highest BCUT2D eigenvalue weighted by atomic mass is 14.4. The lowest BCUT2D eigenvalue weighted by molar-refractivity contribution is 0.414. The van der Waals surface area contributed by atoms with Crippen LogP contribution in [0.3, 0.4) is 0 Å². The molecule has 0 aliphatic heterocycles. The first-order valence-electron chi connectivity index (χ1n) is 8.44. The number of fused-ring (bicyclic) bond motifs is 3. The van der Waals surface area contributed by atoms with Crippen LogP contribution in [-0.2, 0) is 5.41 Å². The number of hydrogen-bond donors (Lipinski definition) is 0. The molecule has 0 aromatic heterocycles. The third-order valence-electron chi connectivity index (χ3n) is 4.98. The fourth-order valence-corrected chi connectivity index (χ4v) is 3.93. The molecule has 0 atom stereocenters. The van der Waals surface area contributed by atoms with Crippen LogP contribution in [0.15, 0.2) is 42.5 Å². The van der Waals surface area contributed by atoms with Gasteiger partial charge in [0.15, 0.2) is 0 Å². The maximum absolute atomic E-state index is 3.60. The smallest absolute Gasteiger partial charge is 0.0221 e. The van der Waals surface area contributed by atoms with Gasteiger partial charge in [0, 0.05) is 5.41 Å². The van der Waals surface area contributed by atoms with E-state index in [0.29, 0.717) is 0 Å². The maximum Gasteiger partial charge on any atom is 0.0221 e. The number of hydrogen-bond acceptors (Lipinski definition) is 0. The van der Waals surface area contributed by atoms with Crippen LogP contribution >= 0.6 is 0 Å². The van der Waals surface area contributed by atoms with Crippen molar-refractivity contribution in [2.24, 2.45) is 0 Å². The van der Waals surface area contributed by atoms with Crippen LogP contribution in [0.4, 0.5) is 0 Å². The Bertz CT molecular complexity index is 553. The van der Waals surface area contributed by atoms with E-state index < -0.39 is 0 Å². The Balaban J connectivity index is 2.16. The molecule has 0 unspecified atom stereocenters. The van der Waals surface area contributed by atoms with Crippen LogP contribution in [0.25, 0.3) is 11.1 Å². The lowest BCUT2D eigenvalue weighted by Crippen LogP contribution is -2.25. The van der Waals surface area contributed by atoms with Crippen molar-refractivity contribution in [1.29, 1.82) is 0 Å². The van der Waals surface area contributed by atoms with Gasteiger partial charge in [-0.1, -0.05) is 82.0 Å². The van der Waals surface area contributed by atoms with E-state index >= 15 is 0 Å². The Morgan fingerprint density at radius 3 is 2.24 bits per heavy atom. The largest absolute Gasteiger partial charge is 0.0654 e. The quantitative estimate of drug-likeness (QED) is 0.595. The lowest BCUT2D eigenvalue weighted by Gasteiger charge is -2.32. The van der Waals surface area contributed by atoms with E-state index in [1.807, 2.05) is 0 Å². The molecule has 21 heavy (non-hydrogen) atoms. The minimum atomic E-state index is 0.208. The molecule has 0 N–H and O–H groups in total. The van der Waals surface area contributed by atoms with Crippen LogP contribution in [0.5, 0.6) is 0 Å². The average molecular weight is 277 g/mol. The molecule has 0 amide bonds. The summed E-state index contributed by atoms with van der Waals surface area (Å²) in [5, 5.41) is 0. The molecule has 0 nitrogen and oxygen atoms in total. The topological polar surface area (TPSA) is 0 Å². The number of benzene rings is 2. The normalized spacial score (nSPS) is 14.8. The molecule has 0 spiro atoms. The summed E-state index contributed by atoms with van der Waals surface area (Å²) < 4.78 is 0. The first kappa shape index (κ1) is 14.4. The van der Waals surface area contributed by atoms with Gasteiger partial charge in [-0.05, 0) is 41.2 Å². The molecule has 3 rings (SSSR count). The van der Waals surface area contributed by atoms with E-state index in [9.17, 15) is 0 Å². The highest BCUT2D eigenvalue weighted by Crippen LogP contribution is 2.53. The van der Waals surface area contributed by atoms with Gasteiger partial charge in [0.2, 0.25) is 0 Å². The minimum Gasteiger partial charge on any atom is -0.0654 e. The Morgan fingerprint density at radius 1 is 0.857 bits per heavy atom. The zero-order valence-electron chi connectivity index (χ0n) is 13.3. The highest BCUT2D eigenvalue weighted by molar-refractivity contribution is 5.80. The third kappa shape index (κ3) is 2.31. The van der Waals surface area contributed by atoms with E-state index in [2.05, 4.69) is 62.4 Å². The van der Waals surface area contributed by atoms with Crippen molar-refractivity contribution in [2.45, 2.75) is 57.8 Å². The zero-order chi connectivity index (χ0) is 14.7. The second-order valence-corrected chi connectivity index (χ2v) is 6.29. The second kappa shape index (κ2) is 6.05. The zero-order valence-corrected chi connectivity index (χ0v) is 13.3. The molecule has 0 heterocycles. The monoisotopic (exact) mass is 277 g/mol. The van der Waals surface area contributed by atoms with Gasteiger partial charge >= 0.3 is 0 Å². The van der Waals surface area contributed by atoms with Crippen molar-refractivity contribution in [3.05, 3.63) is 59.7 Å². The van der Waals surface area contributed by atoms with Gasteiger partial charge in [-0.15, -0.1) is 0 Å². The summed E-state index contributed by atoms with van der Waals surface area (Å²) >= 11 is 0. The van der Waals surface area contributed by atoms with Gasteiger partial charge in [0.1, 0.15) is 0 Å². The van der Waals surface area contributed by atoms with E-state index in [4.69, 9.17) is 0 Å². The van der Waals surface area contributed by atoms with Crippen LogP contribution in [-0.4, -0.2) is 0 Å². The standard InChI is InChI=1S/C21H25/c1-3-5-15-21(16-6-4-2)19-13-9-7-11-17(19)18-12-8-10-14-20(18)21/h7-13H,3-6,15-16H2,1-2H3. The fraction of sp³-hybridized carbons (Fsp3) is 0.429. The Labute approximate surface area is 129 Å². The van der Waals surface area contributed by atoms with Crippen LogP contribution in [0.2, 0.25) is 0 Å². The van der Waals surface area contributed by atoms with E-state index in [1.54, 1.807) is 5.56 Å². The lowest BCUT2D eigenvalue weighted by atomic mass is 9.71. The summed E-state index contributed by atoms with van der Waals surface area (Å²) in [6, 6.07) is 19.1. The Hall–Kier alpha value is -1.56. The van der Waals surface area contributed by atoms with E-state index in [-0.39, 0.29) is 5.41 Å². The average Bonchev–Trinajstić information content (AvgIpc) is 2.82. The van der Waals surface area contributed by atoms with Crippen LogP contribution in [0.1, 0.15) is 63.5 Å². The van der Waals surface area contributed by atoms with Gasteiger partial charge in [-0.25, -0.2) is 0 Å². The van der Waals surface area contributed by atoms with Gasteiger partial charge in [0.25, 0.3) is 0 Å². The molecule has 2 aromatic rings. The molecule has 0 heteroatoms. The molecule has 1 radical (unpaired) electrons. The molecule has 0 fully saturated rings. The van der Waals surface area contributed by atoms with Gasteiger partial charge in [-0.2, -0.15) is 0 Å². The van der Waals surface area contributed by atoms with Crippen molar-refractivity contribution in [3.8, 4) is 11.1 Å². The van der Waals surface area contributed by atoms with Crippen molar-refractivity contribution in [1.82, 2.24) is 0 Å². The fourth-order valence-electron chi connectivity index (χ4n) is 3.93. The summed E-state index contributed by atoms with van der Waals surface area (Å²) in [6.45, 7) is 4.59. The molecule has 1 aliphatic carbocycles. The van der Waals surface area contributed by atoms with Crippen LogP contribution < -0.4 is 0 Å². The summed E-state index contributed by atoms with van der Waals surface area (Å²) in [6.07, 6.45) is 7.62. The Kier molecular flexibility index (Phi) is 4.14. The van der Waals surface area contributed by atoms with Gasteiger partial charge in [-0.3, -0.25) is 0 Å². The predicted octanol–water partition coefficient (Wildman–Crippen LogP) is 6.13. The molecule has 0 bridgehead atoms. The molecule has 0 saturated heterocycles. The molecule has 2 aromatic carbocycles. The first-order valence-corrected chi connectivity index (χ1v) is 8.44.